The van der Waals surface area contributed by atoms with Crippen molar-refractivity contribution in [3.05, 3.63) is 94.2 Å². The van der Waals surface area contributed by atoms with Crippen molar-refractivity contribution in [2.45, 2.75) is 32.2 Å². The molecule has 6 rings (SSSR count). The second kappa shape index (κ2) is 11.4. The van der Waals surface area contributed by atoms with Gasteiger partial charge in [0.15, 0.2) is 0 Å². The molecule has 0 aliphatic carbocycles. The van der Waals surface area contributed by atoms with Gasteiger partial charge in [-0.1, -0.05) is 36.4 Å². The number of pyridine rings is 1. The number of halogens is 1. The van der Waals surface area contributed by atoms with Gasteiger partial charge in [-0.05, 0) is 67.6 Å². The number of anilines is 3. The molecule has 2 amide bonds. The quantitative estimate of drug-likeness (QED) is 0.293. The molecule has 210 valence electrons. The average molecular weight is 571 g/mol. The molecule has 1 atom stereocenters. The Morgan fingerprint density at radius 2 is 1.93 bits per heavy atom. The monoisotopic (exact) mass is 570 g/mol. The smallest absolute Gasteiger partial charge is 0.276 e. The lowest BCUT2D eigenvalue weighted by Crippen LogP contribution is -2.35. The summed E-state index contributed by atoms with van der Waals surface area (Å²) in [7, 11) is 1.71. The lowest BCUT2D eigenvalue weighted by atomic mass is 10.1. The van der Waals surface area contributed by atoms with Crippen LogP contribution in [-0.2, 0) is 11.2 Å². The predicted octanol–water partition coefficient (Wildman–Crippen LogP) is 6.33. The van der Waals surface area contributed by atoms with E-state index in [0.29, 0.717) is 35.7 Å². The van der Waals surface area contributed by atoms with Crippen LogP contribution in [0.3, 0.4) is 0 Å². The number of thiophene rings is 1. The summed E-state index contributed by atoms with van der Waals surface area (Å²) in [5, 5.41) is 2.74. The van der Waals surface area contributed by atoms with Crippen molar-refractivity contribution >= 4 is 40.3 Å². The van der Waals surface area contributed by atoms with Crippen molar-refractivity contribution in [3.8, 4) is 10.4 Å². The summed E-state index contributed by atoms with van der Waals surface area (Å²) in [5.74, 6) is -0.188. The fraction of sp³-hybridized carbons (Fsp3) is 0.281. The highest BCUT2D eigenvalue weighted by atomic mass is 32.1. The van der Waals surface area contributed by atoms with Crippen LogP contribution in [0.5, 0.6) is 0 Å². The first-order valence-corrected chi connectivity index (χ1v) is 14.6. The van der Waals surface area contributed by atoms with E-state index in [1.165, 1.54) is 17.4 Å². The molecule has 0 unspecified atom stereocenters. The van der Waals surface area contributed by atoms with Gasteiger partial charge in [-0.15, -0.1) is 11.3 Å². The van der Waals surface area contributed by atoms with Gasteiger partial charge in [0.1, 0.15) is 17.3 Å². The van der Waals surface area contributed by atoms with E-state index in [-0.39, 0.29) is 23.5 Å². The molecule has 0 spiro atoms. The molecule has 2 aliphatic rings. The molecule has 2 aliphatic heterocycles. The van der Waals surface area contributed by atoms with Crippen LogP contribution in [0, 0.1) is 12.7 Å². The second-order valence-corrected chi connectivity index (χ2v) is 11.5. The Bertz CT molecular complexity index is 1600. The van der Waals surface area contributed by atoms with Crippen LogP contribution >= 0.6 is 11.3 Å². The number of carbonyl (C=O) groups is 2. The van der Waals surface area contributed by atoms with Gasteiger partial charge in [0, 0.05) is 30.6 Å². The van der Waals surface area contributed by atoms with E-state index in [0.717, 1.165) is 46.9 Å². The fourth-order valence-electron chi connectivity index (χ4n) is 5.73. The summed E-state index contributed by atoms with van der Waals surface area (Å²) in [4.78, 5) is 37.3. The molecule has 0 saturated carbocycles. The number of hydrogen-bond acceptors (Lipinski definition) is 6. The number of nitrogens with zero attached hydrogens (tertiary/aromatic N) is 3. The fourth-order valence-corrected chi connectivity index (χ4v) is 6.87. The number of para-hydroxylation sites is 2. The number of aromatic nitrogens is 1. The number of ether oxygens (including phenoxy) is 1. The molecular weight excluding hydrogens is 539 g/mol. The lowest BCUT2D eigenvalue weighted by Gasteiger charge is -2.26. The summed E-state index contributed by atoms with van der Waals surface area (Å²) in [6.07, 6.45) is 2.67. The average Bonchev–Trinajstić information content (AvgIpc) is 3.60. The minimum absolute atomic E-state index is 0.162. The third-order valence-electron chi connectivity index (χ3n) is 7.77. The molecule has 7 nitrogen and oxygen atoms in total. The second-order valence-electron chi connectivity index (χ2n) is 10.4. The molecule has 1 fully saturated rings. The van der Waals surface area contributed by atoms with Gasteiger partial charge in [0.2, 0.25) is 0 Å². The Morgan fingerprint density at radius 1 is 1.10 bits per heavy atom. The summed E-state index contributed by atoms with van der Waals surface area (Å²) < 4.78 is 19.8. The molecule has 0 radical (unpaired) electrons. The van der Waals surface area contributed by atoms with Crippen LogP contribution < -0.4 is 15.1 Å². The Morgan fingerprint density at radius 3 is 2.76 bits per heavy atom. The van der Waals surface area contributed by atoms with Crippen molar-refractivity contribution in [1.82, 2.24) is 4.98 Å². The first-order valence-electron chi connectivity index (χ1n) is 13.8. The topological polar surface area (TPSA) is 74.8 Å². The van der Waals surface area contributed by atoms with Crippen molar-refractivity contribution < 1.29 is 18.7 Å². The summed E-state index contributed by atoms with van der Waals surface area (Å²) in [5.41, 5.74) is 3.89. The number of aryl methyl sites for hydroxylation is 1. The SMILES string of the molecule is COC[C@@H]1CCCN1c1cccc(C(=O)N2CCc3cc(C(=O)Nc4c(C)cccc4F)sc3-c3ccccc32)n1. The van der Waals surface area contributed by atoms with Gasteiger partial charge in [-0.2, -0.15) is 0 Å². The lowest BCUT2D eigenvalue weighted by molar-refractivity contribution is 0.0981. The van der Waals surface area contributed by atoms with Crippen molar-refractivity contribution in [2.75, 3.05) is 41.9 Å². The predicted molar refractivity (Wildman–Crippen MR) is 161 cm³/mol. The van der Waals surface area contributed by atoms with Gasteiger partial charge >= 0.3 is 0 Å². The van der Waals surface area contributed by atoms with Gasteiger partial charge < -0.3 is 19.9 Å². The van der Waals surface area contributed by atoms with E-state index in [4.69, 9.17) is 9.72 Å². The number of hydrogen-bond donors (Lipinski definition) is 1. The molecule has 4 aromatic rings. The number of nitrogens with one attached hydrogen (secondary N) is 1. The van der Waals surface area contributed by atoms with Crippen molar-refractivity contribution in [1.29, 1.82) is 0 Å². The van der Waals surface area contributed by atoms with E-state index in [2.05, 4.69) is 10.2 Å². The maximum absolute atomic E-state index is 14.4. The largest absolute Gasteiger partial charge is 0.383 e. The van der Waals surface area contributed by atoms with Crippen LogP contribution in [0.15, 0.2) is 66.7 Å². The molecule has 1 N–H and O–H groups in total. The third-order valence-corrected chi connectivity index (χ3v) is 8.98. The highest BCUT2D eigenvalue weighted by molar-refractivity contribution is 7.17. The van der Waals surface area contributed by atoms with Crippen LogP contribution in [0.25, 0.3) is 10.4 Å². The Hall–Kier alpha value is -4.08. The molecule has 1 saturated heterocycles. The first kappa shape index (κ1) is 27.1. The third kappa shape index (κ3) is 5.23. The zero-order valence-corrected chi connectivity index (χ0v) is 23.8. The van der Waals surface area contributed by atoms with E-state index in [1.807, 2.05) is 42.5 Å². The van der Waals surface area contributed by atoms with Crippen LogP contribution in [-0.4, -0.2) is 49.6 Å². The summed E-state index contributed by atoms with van der Waals surface area (Å²) in [6, 6.07) is 20.2. The first-order chi connectivity index (χ1) is 19.9. The maximum Gasteiger partial charge on any atom is 0.276 e. The minimum Gasteiger partial charge on any atom is -0.383 e. The molecule has 4 heterocycles. The van der Waals surface area contributed by atoms with E-state index in [1.54, 1.807) is 37.1 Å². The Labute approximate surface area is 242 Å². The number of methoxy groups -OCH3 is 1. The highest BCUT2D eigenvalue weighted by Crippen LogP contribution is 2.42. The van der Waals surface area contributed by atoms with Crippen molar-refractivity contribution in [2.24, 2.45) is 0 Å². The van der Waals surface area contributed by atoms with Gasteiger partial charge in [-0.3, -0.25) is 9.59 Å². The molecule has 2 aromatic heterocycles. The summed E-state index contributed by atoms with van der Waals surface area (Å²) in [6.45, 7) is 3.71. The standard InChI is InChI=1S/C32H31FN4O3S/c1-20-8-5-11-24(33)29(20)35-31(38)27-18-21-15-17-37(26-13-4-3-10-23(26)30(21)41-27)32(39)25-12-6-14-28(34-25)36-16-7-9-22(36)19-40-2/h3-6,8,10-14,18,22H,7,9,15-17,19H2,1-2H3,(H,35,38)/t22-/m0/s1. The molecule has 0 bridgehead atoms. The molecule has 9 heteroatoms. The number of amides is 2. The number of benzene rings is 2. The number of carbonyl (C=O) groups excluding carboxylic acids is 2. The highest BCUT2D eigenvalue weighted by Gasteiger charge is 2.30. The zero-order valence-electron chi connectivity index (χ0n) is 23.0. The van der Waals surface area contributed by atoms with E-state index < -0.39 is 5.82 Å². The maximum atomic E-state index is 14.4. The Balaban J connectivity index is 1.28. The van der Waals surface area contributed by atoms with E-state index >= 15 is 0 Å². The minimum atomic E-state index is -0.465. The molecule has 2 aromatic carbocycles. The van der Waals surface area contributed by atoms with Gasteiger partial charge in [-0.25, -0.2) is 9.37 Å². The Kier molecular flexibility index (Phi) is 7.55. The van der Waals surface area contributed by atoms with Crippen LogP contribution in [0.1, 0.15) is 44.1 Å². The van der Waals surface area contributed by atoms with Gasteiger partial charge in [0.25, 0.3) is 11.8 Å². The summed E-state index contributed by atoms with van der Waals surface area (Å²) >= 11 is 1.36. The molecule has 41 heavy (non-hydrogen) atoms. The zero-order chi connectivity index (χ0) is 28.5. The normalized spacial score (nSPS) is 16.2. The van der Waals surface area contributed by atoms with Crippen LogP contribution in [0.4, 0.5) is 21.6 Å². The van der Waals surface area contributed by atoms with Crippen molar-refractivity contribution in [3.63, 3.8) is 0 Å². The van der Waals surface area contributed by atoms with Gasteiger partial charge in [0.05, 0.1) is 28.9 Å². The van der Waals surface area contributed by atoms with Crippen LogP contribution in [0.2, 0.25) is 0 Å². The number of rotatable bonds is 6. The molecular formula is C32H31FN4O3S. The van der Waals surface area contributed by atoms with E-state index in [9.17, 15) is 14.0 Å². The number of fused-ring (bicyclic) bond motifs is 3.